The molecule has 0 bridgehead atoms. The zero-order valence-corrected chi connectivity index (χ0v) is 20.6. The summed E-state index contributed by atoms with van der Waals surface area (Å²) in [6, 6.07) is 7.52. The van der Waals surface area contributed by atoms with Crippen molar-refractivity contribution >= 4 is 93.3 Å². The third kappa shape index (κ3) is 5.59. The van der Waals surface area contributed by atoms with Crippen molar-refractivity contribution in [3.63, 3.8) is 0 Å². The Kier molecular flexibility index (Phi) is 8.20. The molecule has 3 rings (SSSR count). The fraction of sp³-hybridized carbons (Fsp3) is 0.143. The normalized spacial score (nSPS) is 15.0. The van der Waals surface area contributed by atoms with Crippen molar-refractivity contribution in [3.8, 4) is 5.75 Å². The smallest absolute Gasteiger partial charge is 0.344 e. The first kappa shape index (κ1) is 25.3. The van der Waals surface area contributed by atoms with Gasteiger partial charge < -0.3 is 9.47 Å². The number of hydrogen-bond acceptors (Lipinski definition) is 6. The molecule has 2 aromatic rings. The number of rotatable bonds is 6. The Morgan fingerprint density at radius 2 is 1.79 bits per heavy atom. The molecule has 0 unspecified atom stereocenters. The fourth-order valence-electron chi connectivity index (χ4n) is 2.84. The molecule has 2 amide bonds. The molecule has 7 nitrogen and oxygen atoms in total. The summed E-state index contributed by atoms with van der Waals surface area (Å²) in [5.41, 5.74) is 0.299. The number of thiocarbonyl (C=S) groups is 1. The lowest BCUT2D eigenvalue weighted by atomic mass is 10.1. The molecule has 0 saturated carbocycles. The minimum Gasteiger partial charge on any atom is -0.479 e. The van der Waals surface area contributed by atoms with Crippen LogP contribution in [0.4, 0.5) is 5.69 Å². The number of halogens is 4. The van der Waals surface area contributed by atoms with Crippen LogP contribution in [0.5, 0.6) is 5.75 Å². The van der Waals surface area contributed by atoms with E-state index in [0.717, 1.165) is 4.90 Å². The zero-order valence-electron chi connectivity index (χ0n) is 16.8. The van der Waals surface area contributed by atoms with Crippen LogP contribution in [0.2, 0.25) is 20.1 Å². The van der Waals surface area contributed by atoms with Gasteiger partial charge in [0, 0.05) is 0 Å². The maximum Gasteiger partial charge on any atom is 0.344 e. The Morgan fingerprint density at radius 3 is 2.42 bits per heavy atom. The molecule has 1 N–H and O–H groups in total. The Labute approximate surface area is 214 Å². The molecule has 1 heterocycles. The van der Waals surface area contributed by atoms with Crippen molar-refractivity contribution in [2.75, 3.05) is 18.1 Å². The summed E-state index contributed by atoms with van der Waals surface area (Å²) in [6.45, 7) is 1.48. The number of carbonyl (C=O) groups excluding carboxylic acids is 3. The minimum absolute atomic E-state index is 0.0569. The van der Waals surface area contributed by atoms with Crippen LogP contribution in [0.3, 0.4) is 0 Å². The van der Waals surface area contributed by atoms with E-state index in [-0.39, 0.29) is 55.4 Å². The van der Waals surface area contributed by atoms with E-state index >= 15 is 0 Å². The van der Waals surface area contributed by atoms with E-state index in [0.29, 0.717) is 5.56 Å². The predicted molar refractivity (Wildman–Crippen MR) is 131 cm³/mol. The van der Waals surface area contributed by atoms with Gasteiger partial charge in [-0.05, 0) is 55.0 Å². The molecular formula is C21H14Cl4N2O5S. The van der Waals surface area contributed by atoms with Gasteiger partial charge in [0.25, 0.3) is 11.8 Å². The van der Waals surface area contributed by atoms with E-state index in [1.165, 1.54) is 24.3 Å². The number of carbonyl (C=O) groups is 3. The Balaban J connectivity index is 1.94. The summed E-state index contributed by atoms with van der Waals surface area (Å²) in [5.74, 6) is -1.96. The third-order valence-corrected chi connectivity index (χ3v) is 5.90. The largest absolute Gasteiger partial charge is 0.479 e. The van der Waals surface area contributed by atoms with Crippen LogP contribution in [0.15, 0.2) is 35.9 Å². The number of hydrogen-bond donors (Lipinski definition) is 1. The van der Waals surface area contributed by atoms with Crippen LogP contribution in [0, 0.1) is 0 Å². The average molecular weight is 548 g/mol. The highest BCUT2D eigenvalue weighted by Crippen LogP contribution is 2.36. The van der Waals surface area contributed by atoms with E-state index in [4.69, 9.17) is 68.1 Å². The molecule has 33 heavy (non-hydrogen) atoms. The van der Waals surface area contributed by atoms with Crippen LogP contribution in [-0.4, -0.2) is 36.1 Å². The Bertz CT molecular complexity index is 1180. The molecule has 2 aromatic carbocycles. The van der Waals surface area contributed by atoms with Crippen LogP contribution in [-0.2, 0) is 19.1 Å². The first-order chi connectivity index (χ1) is 15.6. The van der Waals surface area contributed by atoms with Gasteiger partial charge in [0.2, 0.25) is 0 Å². The summed E-state index contributed by atoms with van der Waals surface area (Å²) >= 11 is 29.9. The average Bonchev–Trinajstić information content (AvgIpc) is 2.73. The van der Waals surface area contributed by atoms with E-state index in [1.807, 2.05) is 0 Å². The first-order valence-corrected chi connectivity index (χ1v) is 11.2. The molecule has 1 aliphatic heterocycles. The molecular weight excluding hydrogens is 534 g/mol. The van der Waals surface area contributed by atoms with Crippen LogP contribution < -0.4 is 15.0 Å². The van der Waals surface area contributed by atoms with E-state index in [1.54, 1.807) is 19.1 Å². The van der Waals surface area contributed by atoms with Crippen molar-refractivity contribution < 1.29 is 23.9 Å². The lowest BCUT2D eigenvalue weighted by Gasteiger charge is -2.29. The molecule has 0 radical (unpaired) electrons. The summed E-state index contributed by atoms with van der Waals surface area (Å²) in [7, 11) is 0. The zero-order chi connectivity index (χ0) is 24.3. The van der Waals surface area contributed by atoms with Crippen molar-refractivity contribution in [3.05, 3.63) is 61.6 Å². The van der Waals surface area contributed by atoms with Gasteiger partial charge in [-0.15, -0.1) is 0 Å². The minimum atomic E-state index is -0.720. The number of ether oxygens (including phenoxy) is 2. The van der Waals surface area contributed by atoms with Gasteiger partial charge >= 0.3 is 5.97 Å². The van der Waals surface area contributed by atoms with Crippen LogP contribution in [0.1, 0.15) is 12.5 Å². The molecule has 1 fully saturated rings. The van der Waals surface area contributed by atoms with Crippen LogP contribution in [0.25, 0.3) is 6.08 Å². The van der Waals surface area contributed by atoms with E-state index < -0.39 is 17.8 Å². The molecule has 1 saturated heterocycles. The summed E-state index contributed by atoms with van der Waals surface area (Å²) in [6.07, 6.45) is 1.29. The van der Waals surface area contributed by atoms with Gasteiger partial charge in [0.15, 0.2) is 17.5 Å². The van der Waals surface area contributed by atoms with Gasteiger partial charge in [0.05, 0.1) is 32.4 Å². The number of benzene rings is 2. The highest BCUT2D eigenvalue weighted by molar-refractivity contribution is 7.80. The Morgan fingerprint density at radius 1 is 1.12 bits per heavy atom. The topological polar surface area (TPSA) is 84.9 Å². The van der Waals surface area contributed by atoms with Gasteiger partial charge in [-0.1, -0.05) is 52.5 Å². The Hall–Kier alpha value is -2.36. The second-order valence-electron chi connectivity index (χ2n) is 6.44. The number of amides is 2. The summed E-state index contributed by atoms with van der Waals surface area (Å²) in [5, 5.41) is 2.73. The lowest BCUT2D eigenvalue weighted by molar-refractivity contribution is -0.145. The highest BCUT2D eigenvalue weighted by Gasteiger charge is 2.35. The van der Waals surface area contributed by atoms with Crippen molar-refractivity contribution in [2.45, 2.75) is 6.92 Å². The number of anilines is 1. The first-order valence-electron chi connectivity index (χ1n) is 9.27. The van der Waals surface area contributed by atoms with E-state index in [2.05, 4.69) is 5.32 Å². The molecule has 12 heteroatoms. The molecule has 0 atom stereocenters. The highest BCUT2D eigenvalue weighted by atomic mass is 35.5. The molecule has 0 aromatic heterocycles. The molecule has 172 valence electrons. The summed E-state index contributed by atoms with van der Waals surface area (Å²) < 4.78 is 10.1. The second kappa shape index (κ2) is 10.7. The van der Waals surface area contributed by atoms with Crippen molar-refractivity contribution in [1.29, 1.82) is 0 Å². The van der Waals surface area contributed by atoms with Gasteiger partial charge in [0.1, 0.15) is 5.57 Å². The molecule has 1 aliphatic rings. The van der Waals surface area contributed by atoms with Crippen molar-refractivity contribution in [1.82, 2.24) is 5.32 Å². The number of nitrogens with one attached hydrogen (secondary N) is 1. The predicted octanol–water partition coefficient (Wildman–Crippen LogP) is 5.07. The van der Waals surface area contributed by atoms with Gasteiger partial charge in [-0.25, -0.2) is 4.79 Å². The number of esters is 1. The molecule has 0 aliphatic carbocycles. The number of nitrogens with zero attached hydrogens (tertiary/aromatic N) is 1. The third-order valence-electron chi connectivity index (χ3n) is 4.25. The summed E-state index contributed by atoms with van der Waals surface area (Å²) in [4.78, 5) is 38.2. The van der Waals surface area contributed by atoms with Gasteiger partial charge in [-0.3, -0.25) is 19.8 Å². The van der Waals surface area contributed by atoms with Gasteiger partial charge in [-0.2, -0.15) is 0 Å². The van der Waals surface area contributed by atoms with Crippen molar-refractivity contribution in [2.24, 2.45) is 0 Å². The maximum absolute atomic E-state index is 13.2. The SMILES string of the molecule is CCOC(=O)COc1c(Cl)cc(/C=C2\C(=O)NC(=S)N(c3cccc(Cl)c3Cl)C2=O)cc1Cl. The lowest BCUT2D eigenvalue weighted by Crippen LogP contribution is -2.54. The quantitative estimate of drug-likeness (QED) is 0.235. The van der Waals surface area contributed by atoms with E-state index in [9.17, 15) is 14.4 Å². The maximum atomic E-state index is 13.2. The second-order valence-corrected chi connectivity index (χ2v) is 8.42. The fourth-order valence-corrected chi connectivity index (χ4v) is 4.11. The molecule has 0 spiro atoms. The van der Waals surface area contributed by atoms with Crippen LogP contribution >= 0.6 is 58.6 Å². The standard InChI is InChI=1S/C21H14Cl4N2O5S/c1-2-31-16(28)9-32-18-13(23)7-10(8-14(18)24)6-11-19(29)26-21(33)27(20(11)30)15-5-3-4-12(22)17(15)25/h3-8H,2,9H2,1H3,(H,26,29,33)/b11-6+. The monoisotopic (exact) mass is 546 g/mol.